The predicted octanol–water partition coefficient (Wildman–Crippen LogP) is 2.49. The Morgan fingerprint density at radius 2 is 2.35 bits per heavy atom. The van der Waals surface area contributed by atoms with E-state index < -0.39 is 0 Å². The van der Waals surface area contributed by atoms with Crippen LogP contribution in [0.2, 0.25) is 0 Å². The molecule has 1 N–H and O–H groups in total. The highest BCUT2D eigenvalue weighted by Crippen LogP contribution is 2.15. The monoisotopic (exact) mass is 229 g/mol. The molecular formula is C14H19N3. The molecule has 2 aromatic rings. The highest BCUT2D eigenvalue weighted by Gasteiger charge is 2.13. The van der Waals surface area contributed by atoms with Gasteiger partial charge in [0.05, 0.1) is 12.1 Å². The summed E-state index contributed by atoms with van der Waals surface area (Å²) in [5.41, 5.74) is 2.40. The molecule has 1 aromatic heterocycles. The van der Waals surface area contributed by atoms with Crippen molar-refractivity contribution in [3.8, 4) is 0 Å². The van der Waals surface area contributed by atoms with Crippen molar-refractivity contribution in [1.29, 1.82) is 0 Å². The molecule has 17 heavy (non-hydrogen) atoms. The van der Waals surface area contributed by atoms with Crippen LogP contribution in [-0.2, 0) is 6.54 Å². The molecule has 1 aliphatic rings. The van der Waals surface area contributed by atoms with Crippen molar-refractivity contribution in [3.05, 3.63) is 30.0 Å². The van der Waals surface area contributed by atoms with E-state index in [0.717, 1.165) is 18.6 Å². The topological polar surface area (TPSA) is 29.9 Å². The number of hydrogen-bond donors (Lipinski definition) is 1. The maximum absolute atomic E-state index is 4.62. The fourth-order valence-electron chi connectivity index (χ4n) is 2.60. The molecule has 0 saturated carbocycles. The molecule has 1 unspecified atom stereocenters. The summed E-state index contributed by atoms with van der Waals surface area (Å²) in [6.45, 7) is 4.28. The molecule has 0 bridgehead atoms. The Labute approximate surface area is 102 Å². The Hall–Kier alpha value is -1.35. The summed E-state index contributed by atoms with van der Waals surface area (Å²) < 4.78 is 2.09. The van der Waals surface area contributed by atoms with Gasteiger partial charge in [0.25, 0.3) is 0 Å². The molecule has 0 amide bonds. The lowest BCUT2D eigenvalue weighted by atomic mass is 10.1. The van der Waals surface area contributed by atoms with Crippen LogP contribution in [0.4, 0.5) is 0 Å². The number of aryl methyl sites for hydroxylation is 1. The van der Waals surface area contributed by atoms with Gasteiger partial charge in [0, 0.05) is 17.6 Å². The van der Waals surface area contributed by atoms with Crippen molar-refractivity contribution in [2.75, 3.05) is 6.54 Å². The highest BCUT2D eigenvalue weighted by molar-refractivity contribution is 5.78. The second-order valence-corrected chi connectivity index (χ2v) is 5.06. The normalized spacial score (nSPS) is 20.9. The number of benzene rings is 1. The zero-order valence-electron chi connectivity index (χ0n) is 10.3. The largest absolute Gasteiger partial charge is 0.312 e. The van der Waals surface area contributed by atoms with Gasteiger partial charge >= 0.3 is 0 Å². The van der Waals surface area contributed by atoms with Gasteiger partial charge < -0.3 is 5.32 Å². The average Bonchev–Trinajstić information content (AvgIpc) is 2.71. The fraction of sp³-hybridized carbons (Fsp3) is 0.500. The third kappa shape index (κ3) is 2.34. The first kappa shape index (κ1) is 10.8. The first-order valence-corrected chi connectivity index (χ1v) is 6.48. The zero-order chi connectivity index (χ0) is 11.7. The Kier molecular flexibility index (Phi) is 2.85. The first-order valence-electron chi connectivity index (χ1n) is 6.48. The van der Waals surface area contributed by atoms with Crippen LogP contribution in [0.25, 0.3) is 10.9 Å². The minimum Gasteiger partial charge on any atom is -0.312 e. The average molecular weight is 229 g/mol. The standard InChI is InChI=1S/C14H19N3/c1-11-5-6-14-12(8-11)9-17(16-14)10-13-4-2-3-7-15-13/h5-6,8-9,13,15H,2-4,7,10H2,1H3. The summed E-state index contributed by atoms with van der Waals surface area (Å²) in [6, 6.07) is 7.03. The van der Waals surface area contributed by atoms with E-state index in [-0.39, 0.29) is 0 Å². The molecule has 0 radical (unpaired) electrons. The van der Waals surface area contributed by atoms with Gasteiger partial charge in [0.1, 0.15) is 0 Å². The fourth-order valence-corrected chi connectivity index (χ4v) is 2.60. The lowest BCUT2D eigenvalue weighted by molar-refractivity contribution is 0.352. The van der Waals surface area contributed by atoms with Gasteiger partial charge in [0.2, 0.25) is 0 Å². The van der Waals surface area contributed by atoms with E-state index in [1.165, 1.54) is 30.2 Å². The molecular weight excluding hydrogens is 210 g/mol. The molecule has 1 fully saturated rings. The molecule has 90 valence electrons. The summed E-state index contributed by atoms with van der Waals surface area (Å²) in [5.74, 6) is 0. The van der Waals surface area contributed by atoms with Crippen LogP contribution in [0.15, 0.2) is 24.4 Å². The summed E-state index contributed by atoms with van der Waals surface area (Å²) in [7, 11) is 0. The molecule has 3 rings (SSSR count). The molecule has 1 aliphatic heterocycles. The number of hydrogen-bond acceptors (Lipinski definition) is 2. The molecule has 0 spiro atoms. The summed E-state index contributed by atoms with van der Waals surface area (Å²) in [5, 5.41) is 9.44. The Bertz CT molecular complexity index is 509. The van der Waals surface area contributed by atoms with Crippen LogP contribution >= 0.6 is 0 Å². The third-order valence-corrected chi connectivity index (χ3v) is 3.53. The second kappa shape index (κ2) is 4.49. The lowest BCUT2D eigenvalue weighted by Crippen LogP contribution is -2.37. The van der Waals surface area contributed by atoms with Crippen LogP contribution in [-0.4, -0.2) is 22.4 Å². The molecule has 0 aliphatic carbocycles. The lowest BCUT2D eigenvalue weighted by Gasteiger charge is -2.23. The number of nitrogens with zero attached hydrogens (tertiary/aromatic N) is 2. The van der Waals surface area contributed by atoms with Gasteiger partial charge in [0.15, 0.2) is 0 Å². The van der Waals surface area contributed by atoms with Crippen molar-refractivity contribution < 1.29 is 0 Å². The van der Waals surface area contributed by atoms with Gasteiger partial charge in [-0.3, -0.25) is 4.68 Å². The molecule has 1 atom stereocenters. The van der Waals surface area contributed by atoms with Crippen molar-refractivity contribution in [2.24, 2.45) is 0 Å². The van der Waals surface area contributed by atoms with E-state index in [2.05, 4.69) is 46.4 Å². The number of aromatic nitrogens is 2. The van der Waals surface area contributed by atoms with Crippen molar-refractivity contribution >= 4 is 10.9 Å². The first-order chi connectivity index (χ1) is 8.31. The van der Waals surface area contributed by atoms with Gasteiger partial charge in [-0.2, -0.15) is 5.10 Å². The molecule has 1 aromatic carbocycles. The van der Waals surface area contributed by atoms with Crippen LogP contribution in [0.1, 0.15) is 24.8 Å². The molecule has 2 heterocycles. The zero-order valence-corrected chi connectivity index (χ0v) is 10.3. The van der Waals surface area contributed by atoms with E-state index in [1.54, 1.807) is 0 Å². The van der Waals surface area contributed by atoms with E-state index in [1.807, 2.05) is 0 Å². The second-order valence-electron chi connectivity index (χ2n) is 5.06. The van der Waals surface area contributed by atoms with E-state index in [9.17, 15) is 0 Å². The molecule has 3 heteroatoms. The number of nitrogens with one attached hydrogen (secondary N) is 1. The Balaban J connectivity index is 1.80. The maximum Gasteiger partial charge on any atom is 0.0923 e. The van der Waals surface area contributed by atoms with E-state index in [0.29, 0.717) is 6.04 Å². The Morgan fingerprint density at radius 3 is 3.18 bits per heavy atom. The van der Waals surface area contributed by atoms with E-state index >= 15 is 0 Å². The minimum absolute atomic E-state index is 0.596. The highest BCUT2D eigenvalue weighted by atomic mass is 15.3. The summed E-state index contributed by atoms with van der Waals surface area (Å²) in [6.07, 6.45) is 6.10. The maximum atomic E-state index is 4.62. The van der Waals surface area contributed by atoms with Gasteiger partial charge in [-0.25, -0.2) is 0 Å². The van der Waals surface area contributed by atoms with Gasteiger partial charge in [-0.15, -0.1) is 0 Å². The number of piperidine rings is 1. The predicted molar refractivity (Wildman–Crippen MR) is 70.1 cm³/mol. The Morgan fingerprint density at radius 1 is 1.41 bits per heavy atom. The van der Waals surface area contributed by atoms with Gasteiger partial charge in [-0.1, -0.05) is 18.1 Å². The summed E-state index contributed by atoms with van der Waals surface area (Å²) >= 11 is 0. The van der Waals surface area contributed by atoms with Crippen molar-refractivity contribution in [1.82, 2.24) is 15.1 Å². The molecule has 1 saturated heterocycles. The van der Waals surface area contributed by atoms with Crippen molar-refractivity contribution in [2.45, 2.75) is 38.8 Å². The smallest absolute Gasteiger partial charge is 0.0923 e. The quantitative estimate of drug-likeness (QED) is 0.857. The molecule has 3 nitrogen and oxygen atoms in total. The van der Waals surface area contributed by atoms with Crippen LogP contribution in [0.3, 0.4) is 0 Å². The van der Waals surface area contributed by atoms with E-state index in [4.69, 9.17) is 0 Å². The number of fused-ring (bicyclic) bond motifs is 1. The van der Waals surface area contributed by atoms with Crippen LogP contribution in [0.5, 0.6) is 0 Å². The van der Waals surface area contributed by atoms with Crippen LogP contribution in [0, 0.1) is 6.92 Å². The van der Waals surface area contributed by atoms with Crippen molar-refractivity contribution in [3.63, 3.8) is 0 Å². The SMILES string of the molecule is Cc1ccc2nn(CC3CCCCN3)cc2c1. The number of rotatable bonds is 2. The van der Waals surface area contributed by atoms with Gasteiger partial charge in [-0.05, 0) is 38.4 Å². The third-order valence-electron chi connectivity index (χ3n) is 3.53. The summed E-state index contributed by atoms with van der Waals surface area (Å²) in [4.78, 5) is 0. The minimum atomic E-state index is 0.596. The van der Waals surface area contributed by atoms with Crippen LogP contribution < -0.4 is 5.32 Å².